The molecule has 1 heterocycles. The number of hydrogen-bond acceptors (Lipinski definition) is 6. The van der Waals surface area contributed by atoms with Crippen LogP contribution < -0.4 is 0 Å². The lowest BCUT2D eigenvalue weighted by Gasteiger charge is -2.30. The highest BCUT2D eigenvalue weighted by Crippen LogP contribution is 2.35. The molecule has 1 aliphatic carbocycles. The van der Waals surface area contributed by atoms with Gasteiger partial charge in [0.25, 0.3) is 0 Å². The number of hydrogen-bond donors (Lipinski definition) is 1. The minimum atomic E-state index is -1.31. The summed E-state index contributed by atoms with van der Waals surface area (Å²) in [5, 5.41) is 10.9. The number of rotatable bonds is 3. The van der Waals surface area contributed by atoms with Crippen LogP contribution >= 0.6 is 0 Å². The Balaban J connectivity index is 2.46. The molecule has 0 bridgehead atoms. The maximum Gasteiger partial charge on any atom is 0.334 e. The van der Waals surface area contributed by atoms with Crippen LogP contribution in [0.4, 0.5) is 0 Å². The number of esters is 2. The molecule has 25 heavy (non-hydrogen) atoms. The highest BCUT2D eigenvalue weighted by Gasteiger charge is 2.46. The van der Waals surface area contributed by atoms with Crippen LogP contribution in [0.1, 0.15) is 33.6 Å². The Hall–Kier alpha value is -2.21. The second-order valence-electron chi connectivity index (χ2n) is 6.80. The summed E-state index contributed by atoms with van der Waals surface area (Å²) in [4.78, 5) is 35.5. The molecule has 136 valence electrons. The van der Waals surface area contributed by atoms with E-state index in [0.29, 0.717) is 19.1 Å². The van der Waals surface area contributed by atoms with Crippen LogP contribution in [0.25, 0.3) is 0 Å². The van der Waals surface area contributed by atoms with Crippen LogP contribution in [0.15, 0.2) is 35.5 Å². The number of carbonyl (C=O) groups is 3. The molecule has 2 rings (SSSR count). The van der Waals surface area contributed by atoms with Crippen LogP contribution in [0, 0.1) is 11.8 Å². The lowest BCUT2D eigenvalue weighted by Crippen LogP contribution is -2.42. The number of aliphatic hydroxyl groups is 1. The molecular formula is C19H24O6. The molecule has 0 aromatic rings. The van der Waals surface area contributed by atoms with E-state index in [1.54, 1.807) is 26.0 Å². The van der Waals surface area contributed by atoms with Crippen molar-refractivity contribution in [1.82, 2.24) is 0 Å². The number of carbonyl (C=O) groups excluding carboxylic acids is 3. The minimum Gasteiger partial charge on any atom is -0.454 e. The van der Waals surface area contributed by atoms with Crippen LogP contribution in [-0.2, 0) is 23.9 Å². The summed E-state index contributed by atoms with van der Waals surface area (Å²) in [7, 11) is 0. The molecule has 1 N–H and O–H groups in total. The monoisotopic (exact) mass is 348 g/mol. The zero-order valence-electron chi connectivity index (χ0n) is 14.7. The first-order valence-corrected chi connectivity index (χ1v) is 8.37. The van der Waals surface area contributed by atoms with Gasteiger partial charge in [0.15, 0.2) is 6.10 Å². The van der Waals surface area contributed by atoms with Crippen LogP contribution in [0.5, 0.6) is 0 Å². The fourth-order valence-corrected chi connectivity index (χ4v) is 2.99. The molecular weight excluding hydrogens is 324 g/mol. The quantitative estimate of drug-likeness (QED) is 0.362. The summed E-state index contributed by atoms with van der Waals surface area (Å²) in [5.41, 5.74) is 1.27. The first kappa shape index (κ1) is 19.1. The van der Waals surface area contributed by atoms with Gasteiger partial charge in [-0.3, -0.25) is 9.59 Å². The SMILES string of the molecule is C=C1C(=O)OC2/C=C(\C)CC/C=C(/C=O)C(OC(=O)C(C)C)C(O)C12. The lowest BCUT2D eigenvalue weighted by atomic mass is 9.84. The van der Waals surface area contributed by atoms with Crippen molar-refractivity contribution in [2.24, 2.45) is 11.8 Å². The van der Waals surface area contributed by atoms with E-state index < -0.39 is 42.1 Å². The molecule has 1 fully saturated rings. The number of aliphatic hydroxyl groups excluding tert-OH is 1. The van der Waals surface area contributed by atoms with E-state index in [1.807, 2.05) is 6.92 Å². The predicted octanol–water partition coefficient (Wildman–Crippen LogP) is 1.88. The standard InChI is InChI=1S/C19H24O6/c1-10(2)18(22)25-17-13(9-20)7-5-6-11(3)8-14-15(16(17)21)12(4)19(23)24-14/h7-10,14-17,21H,4-6H2,1-3H3/b11-8+,13-7-. The zero-order valence-corrected chi connectivity index (χ0v) is 14.7. The molecule has 0 radical (unpaired) electrons. The summed E-state index contributed by atoms with van der Waals surface area (Å²) in [6, 6.07) is 0. The average molecular weight is 348 g/mol. The zero-order chi connectivity index (χ0) is 18.7. The van der Waals surface area contributed by atoms with Gasteiger partial charge in [0.1, 0.15) is 18.5 Å². The topological polar surface area (TPSA) is 89.9 Å². The van der Waals surface area contributed by atoms with Gasteiger partial charge in [0, 0.05) is 11.1 Å². The molecule has 0 spiro atoms. The number of aldehydes is 1. The Morgan fingerprint density at radius 2 is 2.16 bits per heavy atom. The summed E-state index contributed by atoms with van der Waals surface area (Å²) < 4.78 is 10.7. The largest absolute Gasteiger partial charge is 0.454 e. The Bertz CT molecular complexity index is 642. The van der Waals surface area contributed by atoms with Gasteiger partial charge in [-0.1, -0.05) is 32.1 Å². The van der Waals surface area contributed by atoms with E-state index in [2.05, 4.69) is 6.58 Å². The van der Waals surface area contributed by atoms with Gasteiger partial charge in [0.2, 0.25) is 0 Å². The van der Waals surface area contributed by atoms with E-state index in [-0.39, 0.29) is 11.1 Å². The van der Waals surface area contributed by atoms with Crippen molar-refractivity contribution >= 4 is 18.2 Å². The van der Waals surface area contributed by atoms with Gasteiger partial charge >= 0.3 is 11.9 Å². The predicted molar refractivity (Wildman–Crippen MR) is 90.4 cm³/mol. The molecule has 6 heteroatoms. The molecule has 1 saturated heterocycles. The first-order chi connectivity index (χ1) is 11.8. The van der Waals surface area contributed by atoms with Crippen molar-refractivity contribution in [2.75, 3.05) is 0 Å². The highest BCUT2D eigenvalue weighted by molar-refractivity contribution is 5.91. The fraction of sp³-hybridized carbons (Fsp3) is 0.526. The van der Waals surface area contributed by atoms with Crippen molar-refractivity contribution in [1.29, 1.82) is 0 Å². The summed E-state index contributed by atoms with van der Waals surface area (Å²) >= 11 is 0. The summed E-state index contributed by atoms with van der Waals surface area (Å²) in [5.74, 6) is -2.33. The Morgan fingerprint density at radius 3 is 2.76 bits per heavy atom. The molecule has 4 unspecified atom stereocenters. The van der Waals surface area contributed by atoms with E-state index in [1.165, 1.54) is 0 Å². The molecule has 0 aromatic carbocycles. The maximum absolute atomic E-state index is 12.1. The third-order valence-electron chi connectivity index (χ3n) is 4.49. The van der Waals surface area contributed by atoms with Gasteiger partial charge in [-0.05, 0) is 25.8 Å². The van der Waals surface area contributed by atoms with Gasteiger partial charge in [-0.25, -0.2) is 4.79 Å². The van der Waals surface area contributed by atoms with Gasteiger partial charge in [0.05, 0.1) is 11.8 Å². The molecule has 1 aliphatic heterocycles. The molecule has 4 atom stereocenters. The first-order valence-electron chi connectivity index (χ1n) is 8.37. The van der Waals surface area contributed by atoms with Gasteiger partial charge in [-0.2, -0.15) is 0 Å². The van der Waals surface area contributed by atoms with Gasteiger partial charge < -0.3 is 14.6 Å². The lowest BCUT2D eigenvalue weighted by molar-refractivity contribution is -0.158. The summed E-state index contributed by atoms with van der Waals surface area (Å²) in [6.45, 7) is 8.93. The van der Waals surface area contributed by atoms with Crippen molar-refractivity contribution in [3.63, 3.8) is 0 Å². The molecule has 6 nitrogen and oxygen atoms in total. The van der Waals surface area contributed by atoms with E-state index in [9.17, 15) is 19.5 Å². The molecule has 0 aromatic heterocycles. The van der Waals surface area contributed by atoms with Crippen molar-refractivity contribution in [2.45, 2.75) is 51.9 Å². The third-order valence-corrected chi connectivity index (χ3v) is 4.49. The van der Waals surface area contributed by atoms with E-state index in [4.69, 9.17) is 9.47 Å². The molecule has 2 aliphatic rings. The number of allylic oxidation sites excluding steroid dienone is 2. The number of ether oxygens (including phenoxy) is 2. The van der Waals surface area contributed by atoms with Crippen molar-refractivity contribution in [3.8, 4) is 0 Å². The van der Waals surface area contributed by atoms with E-state index >= 15 is 0 Å². The second kappa shape index (κ2) is 7.78. The Morgan fingerprint density at radius 1 is 1.48 bits per heavy atom. The smallest absolute Gasteiger partial charge is 0.334 e. The summed E-state index contributed by atoms with van der Waals surface area (Å²) in [6.07, 6.45) is 2.05. The molecule has 0 amide bonds. The van der Waals surface area contributed by atoms with Crippen LogP contribution in [-0.4, -0.2) is 41.6 Å². The van der Waals surface area contributed by atoms with Crippen LogP contribution in [0.3, 0.4) is 0 Å². The van der Waals surface area contributed by atoms with E-state index in [0.717, 1.165) is 5.57 Å². The van der Waals surface area contributed by atoms with Crippen molar-refractivity contribution in [3.05, 3.63) is 35.5 Å². The molecule has 0 saturated carbocycles. The second-order valence-corrected chi connectivity index (χ2v) is 6.80. The van der Waals surface area contributed by atoms with Gasteiger partial charge in [-0.15, -0.1) is 0 Å². The Kier molecular flexibility index (Phi) is 5.95. The Labute approximate surface area is 147 Å². The average Bonchev–Trinajstić information content (AvgIpc) is 2.82. The number of fused-ring (bicyclic) bond motifs is 1. The third kappa shape index (κ3) is 4.07. The fourth-order valence-electron chi connectivity index (χ4n) is 2.99. The van der Waals surface area contributed by atoms with Crippen LogP contribution in [0.2, 0.25) is 0 Å². The minimum absolute atomic E-state index is 0.109. The van der Waals surface area contributed by atoms with Crippen molar-refractivity contribution < 1.29 is 29.0 Å². The normalized spacial score (nSPS) is 34.3. The highest BCUT2D eigenvalue weighted by atomic mass is 16.6. The maximum atomic E-state index is 12.1.